The van der Waals surface area contributed by atoms with Crippen LogP contribution in [0.2, 0.25) is 0 Å². The first-order chi connectivity index (χ1) is 9.20. The minimum atomic E-state index is -0.267. The smallest absolute Gasteiger partial charge is 0.169 e. The van der Waals surface area contributed by atoms with E-state index in [1.807, 2.05) is 6.07 Å². The molecule has 1 aliphatic carbocycles. The number of methoxy groups -OCH3 is 1. The summed E-state index contributed by atoms with van der Waals surface area (Å²) >= 11 is 6.17. The van der Waals surface area contributed by atoms with Gasteiger partial charge in [0, 0.05) is 17.5 Å². The highest BCUT2D eigenvalue weighted by molar-refractivity contribution is 6.20. The lowest BCUT2D eigenvalue weighted by Gasteiger charge is -2.25. The van der Waals surface area contributed by atoms with Gasteiger partial charge in [-0.15, -0.1) is 11.6 Å². The maximum Gasteiger partial charge on any atom is 0.169 e. The van der Waals surface area contributed by atoms with Crippen LogP contribution in [0.4, 0.5) is 4.39 Å². The summed E-state index contributed by atoms with van der Waals surface area (Å²) in [5, 5.41) is 3.64. The Morgan fingerprint density at radius 2 is 2.26 bits per heavy atom. The van der Waals surface area contributed by atoms with Crippen molar-refractivity contribution in [1.82, 2.24) is 5.32 Å². The Balaban J connectivity index is 1.82. The Bertz CT molecular complexity index is 413. The highest BCUT2D eigenvalue weighted by Gasteiger charge is 2.19. The molecule has 2 nitrogen and oxygen atoms in total. The van der Waals surface area contributed by atoms with Crippen molar-refractivity contribution in [1.29, 1.82) is 0 Å². The van der Waals surface area contributed by atoms with E-state index in [0.717, 1.165) is 19.4 Å². The fourth-order valence-corrected chi connectivity index (χ4v) is 3.08. The summed E-state index contributed by atoms with van der Waals surface area (Å²) in [6, 6.07) is 5.24. The molecule has 1 N–H and O–H groups in total. The van der Waals surface area contributed by atoms with Gasteiger partial charge in [-0.3, -0.25) is 0 Å². The normalized spacial score (nSPS) is 23.3. The summed E-state index contributed by atoms with van der Waals surface area (Å²) in [6.07, 6.45) is 4.61. The van der Waals surface area contributed by atoms with Crippen molar-refractivity contribution in [2.24, 2.45) is 5.92 Å². The third kappa shape index (κ3) is 4.08. The lowest BCUT2D eigenvalue weighted by Crippen LogP contribution is -2.27. The maximum absolute atomic E-state index is 13.9. The van der Waals surface area contributed by atoms with E-state index >= 15 is 0 Å². The van der Waals surface area contributed by atoms with Gasteiger partial charge in [-0.1, -0.05) is 18.6 Å². The van der Waals surface area contributed by atoms with E-state index in [2.05, 4.69) is 5.32 Å². The average Bonchev–Trinajstić information content (AvgIpc) is 2.41. The number of nitrogens with one attached hydrogen (secondary N) is 1. The van der Waals surface area contributed by atoms with E-state index in [4.69, 9.17) is 16.3 Å². The molecule has 106 valence electrons. The van der Waals surface area contributed by atoms with Crippen LogP contribution in [0.1, 0.15) is 31.2 Å². The zero-order valence-electron chi connectivity index (χ0n) is 11.3. The number of hydrogen-bond acceptors (Lipinski definition) is 2. The molecule has 0 radical (unpaired) electrons. The zero-order valence-corrected chi connectivity index (χ0v) is 12.0. The summed E-state index contributed by atoms with van der Waals surface area (Å²) in [7, 11) is 1.48. The van der Waals surface area contributed by atoms with E-state index in [1.165, 1.54) is 20.0 Å². The third-order valence-corrected chi connectivity index (χ3v) is 4.13. The van der Waals surface area contributed by atoms with E-state index in [-0.39, 0.29) is 5.82 Å². The maximum atomic E-state index is 13.9. The van der Waals surface area contributed by atoms with Crippen LogP contribution in [0.25, 0.3) is 0 Å². The Kier molecular flexibility index (Phi) is 5.46. The minimum absolute atomic E-state index is 0.267. The van der Waals surface area contributed by atoms with Crippen molar-refractivity contribution in [3.63, 3.8) is 0 Å². The van der Waals surface area contributed by atoms with Gasteiger partial charge in [-0.25, -0.2) is 4.39 Å². The molecule has 1 fully saturated rings. The lowest BCUT2D eigenvalue weighted by atomic mass is 9.89. The van der Waals surface area contributed by atoms with Gasteiger partial charge in [0.05, 0.1) is 7.11 Å². The monoisotopic (exact) mass is 285 g/mol. The quantitative estimate of drug-likeness (QED) is 0.833. The fraction of sp³-hybridized carbons (Fsp3) is 0.600. The molecule has 2 unspecified atom stereocenters. The Labute approximate surface area is 119 Å². The number of halogens is 2. The van der Waals surface area contributed by atoms with Crippen LogP contribution in [0, 0.1) is 11.7 Å². The lowest BCUT2D eigenvalue weighted by molar-refractivity contribution is 0.344. The number of alkyl halides is 1. The molecule has 0 heterocycles. The standard InChI is InChI=1S/C15H21ClFNO/c1-19-14-7-3-5-12(15(14)17)10-18-9-11-4-2-6-13(16)8-11/h3,5,7,11,13,18H,2,4,6,8-10H2,1H3. The van der Waals surface area contributed by atoms with Gasteiger partial charge in [0.25, 0.3) is 0 Å². The van der Waals surface area contributed by atoms with Crippen LogP contribution in [-0.2, 0) is 6.54 Å². The molecule has 0 aliphatic heterocycles. The van der Waals surface area contributed by atoms with Crippen molar-refractivity contribution in [2.45, 2.75) is 37.6 Å². The Hall–Kier alpha value is -0.800. The number of ether oxygens (including phenoxy) is 1. The molecule has 0 saturated heterocycles. The van der Waals surface area contributed by atoms with Gasteiger partial charge in [-0.2, -0.15) is 0 Å². The summed E-state index contributed by atoms with van der Waals surface area (Å²) in [4.78, 5) is 0. The van der Waals surface area contributed by atoms with E-state index in [1.54, 1.807) is 12.1 Å². The number of rotatable bonds is 5. The molecule has 1 aromatic rings. The molecule has 0 aromatic heterocycles. The highest BCUT2D eigenvalue weighted by atomic mass is 35.5. The van der Waals surface area contributed by atoms with Crippen molar-refractivity contribution < 1.29 is 9.13 Å². The van der Waals surface area contributed by atoms with Crippen molar-refractivity contribution in [3.8, 4) is 5.75 Å². The molecule has 0 spiro atoms. The fourth-order valence-electron chi connectivity index (χ4n) is 2.67. The van der Waals surface area contributed by atoms with Crippen molar-refractivity contribution in [2.75, 3.05) is 13.7 Å². The Morgan fingerprint density at radius 1 is 1.42 bits per heavy atom. The zero-order chi connectivity index (χ0) is 13.7. The van der Waals surface area contributed by atoms with Gasteiger partial charge in [0.1, 0.15) is 0 Å². The molecule has 4 heteroatoms. The van der Waals surface area contributed by atoms with Crippen LogP contribution >= 0.6 is 11.6 Å². The molecule has 2 atom stereocenters. The van der Waals surface area contributed by atoms with E-state index < -0.39 is 0 Å². The number of hydrogen-bond donors (Lipinski definition) is 1. The van der Waals surface area contributed by atoms with Gasteiger partial charge in [0.2, 0.25) is 0 Å². The summed E-state index contributed by atoms with van der Waals surface area (Å²) in [5.74, 6) is 0.652. The van der Waals surface area contributed by atoms with Crippen LogP contribution in [0.15, 0.2) is 18.2 Å². The van der Waals surface area contributed by atoms with Crippen LogP contribution in [-0.4, -0.2) is 19.0 Å². The van der Waals surface area contributed by atoms with Crippen molar-refractivity contribution in [3.05, 3.63) is 29.6 Å². The van der Waals surface area contributed by atoms with Gasteiger partial charge in [-0.05, 0) is 37.8 Å². The molecule has 0 amide bonds. The molecular formula is C15H21ClFNO. The third-order valence-electron chi connectivity index (χ3n) is 3.73. The predicted octanol–water partition coefficient (Wildman–Crippen LogP) is 3.72. The molecule has 1 saturated carbocycles. The van der Waals surface area contributed by atoms with Crippen LogP contribution in [0.5, 0.6) is 5.75 Å². The first kappa shape index (κ1) is 14.6. The average molecular weight is 286 g/mol. The summed E-state index contributed by atoms with van der Waals surface area (Å²) < 4.78 is 18.9. The minimum Gasteiger partial charge on any atom is -0.494 e. The summed E-state index contributed by atoms with van der Waals surface area (Å²) in [5.41, 5.74) is 0.651. The molecule has 19 heavy (non-hydrogen) atoms. The molecular weight excluding hydrogens is 265 g/mol. The number of benzene rings is 1. The molecule has 0 bridgehead atoms. The largest absolute Gasteiger partial charge is 0.494 e. The topological polar surface area (TPSA) is 21.3 Å². The second kappa shape index (κ2) is 7.11. The SMILES string of the molecule is COc1cccc(CNCC2CCCC(Cl)C2)c1F. The van der Waals surface area contributed by atoms with Gasteiger partial charge in [0.15, 0.2) is 11.6 Å². The highest BCUT2D eigenvalue weighted by Crippen LogP contribution is 2.27. The first-order valence-corrected chi connectivity index (χ1v) is 7.30. The second-order valence-corrected chi connectivity index (χ2v) is 5.81. The molecule has 2 rings (SSSR count). The molecule has 1 aromatic carbocycles. The molecule has 1 aliphatic rings. The van der Waals surface area contributed by atoms with E-state index in [9.17, 15) is 4.39 Å². The first-order valence-electron chi connectivity index (χ1n) is 6.87. The summed E-state index contributed by atoms with van der Waals surface area (Å²) in [6.45, 7) is 1.44. The van der Waals surface area contributed by atoms with Gasteiger partial charge < -0.3 is 10.1 Å². The predicted molar refractivity (Wildman–Crippen MR) is 76.3 cm³/mol. The second-order valence-electron chi connectivity index (χ2n) is 5.19. The van der Waals surface area contributed by atoms with Crippen LogP contribution < -0.4 is 10.1 Å². The van der Waals surface area contributed by atoms with E-state index in [0.29, 0.717) is 29.2 Å². The van der Waals surface area contributed by atoms with Crippen LogP contribution in [0.3, 0.4) is 0 Å². The Morgan fingerprint density at radius 3 is 3.00 bits per heavy atom. The van der Waals surface area contributed by atoms with Crippen molar-refractivity contribution >= 4 is 11.6 Å². The van der Waals surface area contributed by atoms with Gasteiger partial charge >= 0.3 is 0 Å².